The predicted octanol–water partition coefficient (Wildman–Crippen LogP) is 6.16. The van der Waals surface area contributed by atoms with E-state index < -0.39 is 5.85 Å². The van der Waals surface area contributed by atoms with Gasteiger partial charge in [0.15, 0.2) is 0 Å². The molecule has 0 aliphatic carbocycles. The molecule has 22 heavy (non-hydrogen) atoms. The van der Waals surface area contributed by atoms with E-state index in [9.17, 15) is 4.39 Å². The quantitative estimate of drug-likeness (QED) is 0.600. The van der Waals surface area contributed by atoms with Crippen molar-refractivity contribution < 1.29 is 9.13 Å². The lowest BCUT2D eigenvalue weighted by Crippen LogP contribution is -2.21. The molecule has 0 radical (unpaired) electrons. The van der Waals surface area contributed by atoms with Gasteiger partial charge in [-0.15, -0.1) is 0 Å². The summed E-state index contributed by atoms with van der Waals surface area (Å²) in [5.74, 6) is -1.40. The van der Waals surface area contributed by atoms with Crippen molar-refractivity contribution in [2.45, 2.75) is 33.0 Å². The van der Waals surface area contributed by atoms with E-state index in [1.807, 2.05) is 18.2 Å². The van der Waals surface area contributed by atoms with Gasteiger partial charge >= 0.3 is 0 Å². The third kappa shape index (κ3) is 4.88. The van der Waals surface area contributed by atoms with Gasteiger partial charge < -0.3 is 4.74 Å². The zero-order chi connectivity index (χ0) is 16.2. The van der Waals surface area contributed by atoms with Gasteiger partial charge in [-0.1, -0.05) is 61.0 Å². The summed E-state index contributed by atoms with van der Waals surface area (Å²) >= 11 is 6.13. The normalized spacial score (nSPS) is 11.9. The molecule has 0 saturated carbocycles. The molecule has 2 aromatic rings. The van der Waals surface area contributed by atoms with E-state index in [2.05, 4.69) is 31.2 Å². The maximum absolute atomic E-state index is 13.5. The first-order valence-corrected chi connectivity index (χ1v) is 7.69. The highest BCUT2D eigenvalue weighted by atomic mass is 35.5. The Morgan fingerprint density at radius 1 is 1.05 bits per heavy atom. The number of aryl methyl sites for hydroxylation is 1. The third-order valence-electron chi connectivity index (χ3n) is 3.16. The highest BCUT2D eigenvalue weighted by molar-refractivity contribution is 6.32. The van der Waals surface area contributed by atoms with Crippen LogP contribution in [-0.2, 0) is 6.42 Å². The van der Waals surface area contributed by atoms with Crippen LogP contribution in [-0.4, -0.2) is 5.85 Å². The molecule has 0 N–H and O–H groups in total. The topological polar surface area (TPSA) is 9.23 Å². The number of benzene rings is 2. The van der Waals surface area contributed by atoms with Crippen LogP contribution in [0, 0.1) is 0 Å². The predicted molar refractivity (Wildman–Crippen MR) is 92.0 cm³/mol. The Hall–Kier alpha value is -1.80. The smallest absolute Gasteiger partial charge is 0.242 e. The minimum absolute atomic E-state index is 0.346. The zero-order valence-corrected chi connectivity index (χ0v) is 13.8. The van der Waals surface area contributed by atoms with Crippen molar-refractivity contribution in [3.63, 3.8) is 0 Å². The molecule has 0 atom stereocenters. The van der Waals surface area contributed by atoms with Crippen LogP contribution in [0.2, 0.25) is 5.02 Å². The van der Waals surface area contributed by atoms with E-state index in [4.69, 9.17) is 16.3 Å². The van der Waals surface area contributed by atoms with Gasteiger partial charge in [0.05, 0.1) is 5.02 Å². The summed E-state index contributed by atoms with van der Waals surface area (Å²) in [4.78, 5) is 0. The maximum Gasteiger partial charge on any atom is 0.242 e. The molecule has 0 bridgehead atoms. The lowest BCUT2D eigenvalue weighted by atomic mass is 10.1. The van der Waals surface area contributed by atoms with Crippen molar-refractivity contribution in [1.82, 2.24) is 0 Å². The molecule has 116 valence electrons. The fraction of sp³-hybridized carbons (Fsp3) is 0.263. The second-order valence-electron chi connectivity index (χ2n) is 5.58. The molecule has 1 nitrogen and oxygen atoms in total. The fourth-order valence-corrected chi connectivity index (χ4v) is 2.25. The van der Waals surface area contributed by atoms with Gasteiger partial charge in [-0.05, 0) is 35.2 Å². The molecular weight excluding hydrogens is 299 g/mol. The van der Waals surface area contributed by atoms with Gasteiger partial charge in [-0.2, -0.15) is 4.39 Å². The lowest BCUT2D eigenvalue weighted by molar-refractivity contribution is -0.0256. The number of hydrogen-bond acceptors (Lipinski definition) is 1. The van der Waals surface area contributed by atoms with Crippen LogP contribution in [0.15, 0.2) is 42.5 Å². The molecule has 0 heterocycles. The number of alkyl halides is 1. The van der Waals surface area contributed by atoms with Crippen molar-refractivity contribution in [1.29, 1.82) is 0 Å². The number of hydrogen-bond donors (Lipinski definition) is 0. The summed E-state index contributed by atoms with van der Waals surface area (Å²) in [6.07, 6.45) is 5.02. The van der Waals surface area contributed by atoms with Gasteiger partial charge in [-0.3, -0.25) is 0 Å². The average molecular weight is 319 g/mol. The van der Waals surface area contributed by atoms with Crippen molar-refractivity contribution in [2.24, 2.45) is 0 Å². The summed E-state index contributed by atoms with van der Waals surface area (Å²) < 4.78 is 18.6. The van der Waals surface area contributed by atoms with Crippen LogP contribution < -0.4 is 4.74 Å². The maximum atomic E-state index is 13.5. The van der Waals surface area contributed by atoms with Crippen molar-refractivity contribution in [3.8, 4) is 5.75 Å². The highest BCUT2D eigenvalue weighted by Gasteiger charge is 2.18. The summed E-state index contributed by atoms with van der Waals surface area (Å²) in [5.41, 5.74) is 3.38. The van der Waals surface area contributed by atoms with E-state index in [0.717, 1.165) is 17.5 Å². The average Bonchev–Trinajstić information content (AvgIpc) is 2.47. The molecule has 3 heteroatoms. The van der Waals surface area contributed by atoms with E-state index in [1.165, 1.54) is 19.4 Å². The van der Waals surface area contributed by atoms with Gasteiger partial charge in [0.25, 0.3) is 0 Å². The zero-order valence-electron chi connectivity index (χ0n) is 13.1. The van der Waals surface area contributed by atoms with Crippen LogP contribution >= 0.6 is 11.6 Å². The molecule has 0 spiro atoms. The Balaban J connectivity index is 2.12. The van der Waals surface area contributed by atoms with Crippen LogP contribution in [0.25, 0.3) is 12.2 Å². The molecule has 2 rings (SSSR count). The number of halogens is 2. The monoisotopic (exact) mass is 318 g/mol. The summed E-state index contributed by atoms with van der Waals surface area (Å²) in [6, 6.07) is 13.7. The van der Waals surface area contributed by atoms with Gasteiger partial charge in [0.2, 0.25) is 5.85 Å². The Labute approximate surface area is 136 Å². The lowest BCUT2D eigenvalue weighted by Gasteiger charge is -2.18. The van der Waals surface area contributed by atoms with Gasteiger partial charge in [-0.25, -0.2) is 0 Å². The summed E-state index contributed by atoms with van der Waals surface area (Å²) in [7, 11) is 0. The summed E-state index contributed by atoms with van der Waals surface area (Å²) in [5, 5.41) is 0.397. The van der Waals surface area contributed by atoms with Crippen LogP contribution in [0.4, 0.5) is 4.39 Å². The van der Waals surface area contributed by atoms with Crippen LogP contribution in [0.3, 0.4) is 0 Å². The first kappa shape index (κ1) is 16.6. The summed E-state index contributed by atoms with van der Waals surface area (Å²) in [6.45, 7) is 4.82. The van der Waals surface area contributed by atoms with E-state index in [-0.39, 0.29) is 0 Å². The Morgan fingerprint density at radius 3 is 2.18 bits per heavy atom. The van der Waals surface area contributed by atoms with E-state index >= 15 is 0 Å². The first-order chi connectivity index (χ1) is 10.4. The highest BCUT2D eigenvalue weighted by Crippen LogP contribution is 2.29. The van der Waals surface area contributed by atoms with Crippen molar-refractivity contribution in [2.75, 3.05) is 0 Å². The molecule has 0 fully saturated rings. The minimum Gasteiger partial charge on any atom is -0.457 e. The SMILES string of the molecule is CCc1ccc(/C=C/c2ccc(OC(C)(C)F)c(Cl)c2)cc1. The van der Waals surface area contributed by atoms with E-state index in [1.54, 1.807) is 12.1 Å². The standard InChI is InChI=1S/C19H20ClFO/c1-4-14-5-7-15(8-6-14)9-10-16-11-12-18(17(20)13-16)22-19(2,3)21/h5-13H,4H2,1-3H3/b10-9+. The van der Waals surface area contributed by atoms with Crippen molar-refractivity contribution in [3.05, 3.63) is 64.2 Å². The molecule has 0 aliphatic rings. The number of ether oxygens (including phenoxy) is 1. The van der Waals surface area contributed by atoms with Crippen LogP contribution in [0.5, 0.6) is 5.75 Å². The molecule has 2 aromatic carbocycles. The van der Waals surface area contributed by atoms with Crippen molar-refractivity contribution >= 4 is 23.8 Å². The van der Waals surface area contributed by atoms with Crippen LogP contribution in [0.1, 0.15) is 37.5 Å². The molecule has 0 saturated heterocycles. The Morgan fingerprint density at radius 2 is 1.64 bits per heavy atom. The molecular formula is C19H20ClFO. The Kier molecular flexibility index (Phi) is 5.25. The second-order valence-corrected chi connectivity index (χ2v) is 5.99. The third-order valence-corrected chi connectivity index (χ3v) is 3.46. The fourth-order valence-electron chi connectivity index (χ4n) is 2.02. The number of rotatable bonds is 5. The largest absolute Gasteiger partial charge is 0.457 e. The minimum atomic E-state index is -1.75. The van der Waals surface area contributed by atoms with Gasteiger partial charge in [0.1, 0.15) is 5.75 Å². The molecule has 0 unspecified atom stereocenters. The first-order valence-electron chi connectivity index (χ1n) is 7.32. The Bertz CT molecular complexity index is 654. The molecule has 0 amide bonds. The molecule has 0 aliphatic heterocycles. The molecule has 0 aromatic heterocycles. The second kappa shape index (κ2) is 6.97. The van der Waals surface area contributed by atoms with Gasteiger partial charge in [0, 0.05) is 13.8 Å². The van der Waals surface area contributed by atoms with E-state index in [0.29, 0.717) is 10.8 Å².